The highest BCUT2D eigenvalue weighted by Gasteiger charge is 2.33. The number of thiazole rings is 1. The van der Waals surface area contributed by atoms with Crippen molar-refractivity contribution < 1.29 is 14.3 Å². The molecule has 2 aromatic carbocycles. The van der Waals surface area contributed by atoms with Gasteiger partial charge in [0.1, 0.15) is 5.75 Å². The first-order valence-corrected chi connectivity index (χ1v) is 11.2. The summed E-state index contributed by atoms with van der Waals surface area (Å²) >= 11 is 7.35. The molecule has 0 radical (unpaired) electrons. The number of hydrogen-bond donors (Lipinski definition) is 0. The molecule has 0 saturated heterocycles. The maximum atomic E-state index is 13.5. The van der Waals surface area contributed by atoms with Gasteiger partial charge in [0.05, 0.1) is 35.6 Å². The molecule has 0 N–H and O–H groups in total. The molecule has 164 valence electrons. The first-order chi connectivity index (χ1) is 15.4. The van der Waals surface area contributed by atoms with E-state index in [0.29, 0.717) is 31.4 Å². The van der Waals surface area contributed by atoms with Crippen molar-refractivity contribution in [2.75, 3.05) is 13.7 Å². The number of esters is 1. The number of aromatic nitrogens is 1. The number of halogens is 1. The normalized spacial score (nSPS) is 15.9. The van der Waals surface area contributed by atoms with Crippen molar-refractivity contribution in [1.82, 2.24) is 4.57 Å². The Morgan fingerprint density at radius 3 is 2.69 bits per heavy atom. The average molecular weight is 469 g/mol. The van der Waals surface area contributed by atoms with Crippen molar-refractivity contribution in [3.05, 3.63) is 95.6 Å². The summed E-state index contributed by atoms with van der Waals surface area (Å²) in [5.41, 5.74) is 2.22. The first kappa shape index (κ1) is 22.0. The van der Waals surface area contributed by atoms with E-state index in [4.69, 9.17) is 21.1 Å². The van der Waals surface area contributed by atoms with Crippen LogP contribution in [-0.2, 0) is 9.53 Å². The topological polar surface area (TPSA) is 69.9 Å². The van der Waals surface area contributed by atoms with E-state index in [2.05, 4.69) is 4.99 Å². The molecule has 1 aliphatic rings. The Morgan fingerprint density at radius 1 is 1.25 bits per heavy atom. The minimum atomic E-state index is -0.657. The van der Waals surface area contributed by atoms with Crippen LogP contribution in [0.15, 0.2) is 69.6 Å². The van der Waals surface area contributed by atoms with Gasteiger partial charge in [0, 0.05) is 5.02 Å². The third kappa shape index (κ3) is 4.13. The second-order valence-corrected chi connectivity index (χ2v) is 8.58. The van der Waals surface area contributed by atoms with Gasteiger partial charge in [-0.15, -0.1) is 0 Å². The molecule has 8 heteroatoms. The molecule has 0 bridgehead atoms. The van der Waals surface area contributed by atoms with Crippen LogP contribution in [0.25, 0.3) is 6.08 Å². The van der Waals surface area contributed by atoms with E-state index < -0.39 is 12.0 Å². The van der Waals surface area contributed by atoms with Crippen LogP contribution in [0.1, 0.15) is 31.0 Å². The number of hydrogen-bond acceptors (Lipinski definition) is 6. The van der Waals surface area contributed by atoms with Crippen molar-refractivity contribution in [3.8, 4) is 5.75 Å². The minimum absolute atomic E-state index is 0.225. The summed E-state index contributed by atoms with van der Waals surface area (Å²) in [4.78, 5) is 31.4. The number of rotatable bonds is 5. The van der Waals surface area contributed by atoms with Gasteiger partial charge in [-0.3, -0.25) is 9.36 Å². The monoisotopic (exact) mass is 468 g/mol. The summed E-state index contributed by atoms with van der Waals surface area (Å²) in [5, 5.41) is 0.567. The summed E-state index contributed by atoms with van der Waals surface area (Å²) in [5.74, 6) is 0.210. The Labute approximate surface area is 193 Å². The zero-order chi connectivity index (χ0) is 22.8. The minimum Gasteiger partial charge on any atom is -0.497 e. The maximum absolute atomic E-state index is 13.5. The van der Waals surface area contributed by atoms with E-state index in [1.165, 1.54) is 11.3 Å². The van der Waals surface area contributed by atoms with Crippen molar-refractivity contribution in [2.24, 2.45) is 4.99 Å². The zero-order valence-corrected chi connectivity index (χ0v) is 19.4. The predicted octanol–water partition coefficient (Wildman–Crippen LogP) is 3.46. The number of benzene rings is 2. The number of nitrogens with zero attached hydrogens (tertiary/aromatic N) is 2. The van der Waals surface area contributed by atoms with E-state index >= 15 is 0 Å². The van der Waals surface area contributed by atoms with Gasteiger partial charge in [0.2, 0.25) is 0 Å². The van der Waals surface area contributed by atoms with E-state index in [9.17, 15) is 9.59 Å². The largest absolute Gasteiger partial charge is 0.497 e. The van der Waals surface area contributed by atoms with Crippen LogP contribution in [0.2, 0.25) is 5.02 Å². The Morgan fingerprint density at radius 2 is 2.00 bits per heavy atom. The van der Waals surface area contributed by atoms with Gasteiger partial charge in [0.25, 0.3) is 5.56 Å². The highest BCUT2D eigenvalue weighted by atomic mass is 35.5. The summed E-state index contributed by atoms with van der Waals surface area (Å²) in [6.07, 6.45) is 1.80. The molecule has 1 aromatic heterocycles. The molecule has 4 rings (SSSR count). The van der Waals surface area contributed by atoms with Gasteiger partial charge < -0.3 is 9.47 Å². The molecule has 1 aliphatic heterocycles. The van der Waals surface area contributed by atoms with Gasteiger partial charge in [-0.05, 0) is 55.3 Å². The Kier molecular flexibility index (Phi) is 6.30. The molecule has 3 aromatic rings. The quantitative estimate of drug-likeness (QED) is 0.538. The standard InChI is InChI=1S/C24H21ClN2O4S/c1-4-31-23(29)20-14(2)26-24-27(21(20)16-8-10-17(25)11-9-16)22(28)19(32-24)13-15-6-5-7-18(12-15)30-3/h5-13,21H,4H2,1-3H3/b19-13+. The smallest absolute Gasteiger partial charge is 0.338 e. The van der Waals surface area contributed by atoms with Gasteiger partial charge in [-0.2, -0.15) is 0 Å². The fraction of sp³-hybridized carbons (Fsp3) is 0.208. The van der Waals surface area contributed by atoms with Gasteiger partial charge >= 0.3 is 5.97 Å². The molecule has 0 saturated carbocycles. The lowest BCUT2D eigenvalue weighted by Crippen LogP contribution is -2.39. The number of ether oxygens (including phenoxy) is 2. The SMILES string of the molecule is CCOC(=O)C1=C(C)N=c2s/c(=C/c3cccc(OC)c3)c(=O)n2C1c1ccc(Cl)cc1. The molecule has 0 spiro atoms. The molecular formula is C24H21ClN2O4S. The van der Waals surface area contributed by atoms with Crippen LogP contribution in [-0.4, -0.2) is 24.3 Å². The molecule has 6 nitrogen and oxygen atoms in total. The van der Waals surface area contributed by atoms with Crippen LogP contribution in [0.5, 0.6) is 5.75 Å². The third-order valence-corrected chi connectivity index (χ3v) is 6.33. The zero-order valence-electron chi connectivity index (χ0n) is 17.8. The summed E-state index contributed by atoms with van der Waals surface area (Å²) < 4.78 is 12.6. The highest BCUT2D eigenvalue weighted by molar-refractivity contribution is 7.07. The molecule has 1 atom stereocenters. The number of methoxy groups -OCH3 is 1. The van der Waals surface area contributed by atoms with E-state index in [-0.39, 0.29) is 12.2 Å². The second-order valence-electron chi connectivity index (χ2n) is 7.13. The molecule has 32 heavy (non-hydrogen) atoms. The lowest BCUT2D eigenvalue weighted by Gasteiger charge is -2.24. The van der Waals surface area contributed by atoms with Crippen LogP contribution in [0.4, 0.5) is 0 Å². The number of carbonyl (C=O) groups excluding carboxylic acids is 1. The van der Waals surface area contributed by atoms with Gasteiger partial charge in [-0.25, -0.2) is 9.79 Å². The highest BCUT2D eigenvalue weighted by Crippen LogP contribution is 2.31. The Hall–Kier alpha value is -3.16. The fourth-order valence-corrected chi connectivity index (χ4v) is 4.81. The molecular weight excluding hydrogens is 448 g/mol. The van der Waals surface area contributed by atoms with Crippen LogP contribution in [0.3, 0.4) is 0 Å². The average Bonchev–Trinajstić information content (AvgIpc) is 3.08. The maximum Gasteiger partial charge on any atom is 0.338 e. The lowest BCUT2D eigenvalue weighted by atomic mass is 9.96. The van der Waals surface area contributed by atoms with Crippen molar-refractivity contribution in [1.29, 1.82) is 0 Å². The van der Waals surface area contributed by atoms with E-state index in [0.717, 1.165) is 11.1 Å². The number of fused-ring (bicyclic) bond motifs is 1. The predicted molar refractivity (Wildman–Crippen MR) is 125 cm³/mol. The second kappa shape index (κ2) is 9.14. The summed E-state index contributed by atoms with van der Waals surface area (Å²) in [6.45, 7) is 3.73. The van der Waals surface area contributed by atoms with Crippen molar-refractivity contribution in [3.63, 3.8) is 0 Å². The van der Waals surface area contributed by atoms with Crippen LogP contribution < -0.4 is 19.6 Å². The molecule has 0 amide bonds. The molecule has 2 heterocycles. The molecule has 1 unspecified atom stereocenters. The lowest BCUT2D eigenvalue weighted by molar-refractivity contribution is -0.139. The van der Waals surface area contributed by atoms with Gasteiger partial charge in [0.15, 0.2) is 4.80 Å². The number of allylic oxidation sites excluding steroid dienone is 1. The molecule has 0 fully saturated rings. The van der Waals surface area contributed by atoms with E-state index in [1.807, 2.05) is 36.4 Å². The fourth-order valence-electron chi connectivity index (χ4n) is 3.63. The first-order valence-electron chi connectivity index (χ1n) is 10.0. The number of carbonyl (C=O) groups is 1. The van der Waals surface area contributed by atoms with Gasteiger partial charge in [-0.1, -0.05) is 47.2 Å². The Balaban J connectivity index is 1.94. The van der Waals surface area contributed by atoms with Crippen LogP contribution in [0, 0.1) is 0 Å². The summed E-state index contributed by atoms with van der Waals surface area (Å²) in [6, 6.07) is 13.9. The Bertz CT molecular complexity index is 1390. The van der Waals surface area contributed by atoms with Crippen LogP contribution >= 0.6 is 22.9 Å². The van der Waals surface area contributed by atoms with Crippen molar-refractivity contribution in [2.45, 2.75) is 19.9 Å². The summed E-state index contributed by atoms with van der Waals surface area (Å²) in [7, 11) is 1.60. The van der Waals surface area contributed by atoms with Crippen molar-refractivity contribution >= 4 is 35.0 Å². The van der Waals surface area contributed by atoms with E-state index in [1.54, 1.807) is 43.7 Å². The molecule has 0 aliphatic carbocycles. The third-order valence-electron chi connectivity index (χ3n) is 5.09.